The second kappa shape index (κ2) is 10.8. The van der Waals surface area contributed by atoms with Crippen LogP contribution in [0.4, 0.5) is 5.69 Å². The van der Waals surface area contributed by atoms with Crippen molar-refractivity contribution < 1.29 is 9.32 Å². The van der Waals surface area contributed by atoms with Gasteiger partial charge in [0.25, 0.3) is 0 Å². The summed E-state index contributed by atoms with van der Waals surface area (Å²) in [5, 5.41) is 21.3. The molecule has 0 radical (unpaired) electrons. The molecule has 0 bridgehead atoms. The van der Waals surface area contributed by atoms with Crippen LogP contribution in [-0.4, -0.2) is 54.8 Å². The predicted molar refractivity (Wildman–Crippen MR) is 132 cm³/mol. The van der Waals surface area contributed by atoms with Crippen molar-refractivity contribution in [2.24, 2.45) is 0 Å². The molecular weight excluding hydrogens is 444 g/mol. The molecule has 10 nitrogen and oxygen atoms in total. The van der Waals surface area contributed by atoms with Gasteiger partial charge in [-0.25, -0.2) is 9.97 Å². The normalized spacial score (nSPS) is 13.3. The van der Waals surface area contributed by atoms with E-state index in [4.69, 9.17) is 9.78 Å². The first-order valence-electron chi connectivity index (χ1n) is 11.6. The van der Waals surface area contributed by atoms with Crippen molar-refractivity contribution in [3.05, 3.63) is 48.5 Å². The van der Waals surface area contributed by atoms with Gasteiger partial charge in [0.1, 0.15) is 6.07 Å². The first-order chi connectivity index (χ1) is 17.0. The van der Waals surface area contributed by atoms with Crippen molar-refractivity contribution in [3.63, 3.8) is 0 Å². The Bertz CT molecular complexity index is 1330. The molecule has 10 heteroatoms. The van der Waals surface area contributed by atoms with Crippen LogP contribution in [0, 0.1) is 11.3 Å². The van der Waals surface area contributed by atoms with Gasteiger partial charge < -0.3 is 14.7 Å². The Morgan fingerprint density at radius 1 is 1.14 bits per heavy atom. The molecule has 5 heterocycles. The molecule has 0 spiro atoms. The number of hydrogen-bond donors (Lipinski definition) is 1. The Morgan fingerprint density at radius 2 is 1.94 bits per heavy atom. The Hall–Kier alpha value is -4.26. The maximum absolute atomic E-state index is 10.7. The lowest BCUT2D eigenvalue weighted by molar-refractivity contribution is -0.129. The van der Waals surface area contributed by atoms with Crippen LogP contribution in [0.5, 0.6) is 0 Å². The van der Waals surface area contributed by atoms with Crippen LogP contribution in [0.2, 0.25) is 0 Å². The molecule has 4 aromatic heterocycles. The molecule has 1 N–H and O–H groups in total. The number of piperidine rings is 1. The lowest BCUT2D eigenvalue weighted by atomic mass is 10.1. The maximum atomic E-state index is 10.7. The summed E-state index contributed by atoms with van der Waals surface area (Å²) in [5.74, 6) is 1.48. The number of nitriles is 1. The van der Waals surface area contributed by atoms with Crippen molar-refractivity contribution in [1.29, 1.82) is 5.26 Å². The van der Waals surface area contributed by atoms with E-state index in [-0.39, 0.29) is 11.9 Å². The third-order valence-corrected chi connectivity index (χ3v) is 5.59. The number of likely N-dealkylation sites (tertiary alicyclic amines) is 1. The number of pyridine rings is 2. The summed E-state index contributed by atoms with van der Waals surface area (Å²) >= 11 is 0. The van der Waals surface area contributed by atoms with Crippen LogP contribution in [0.3, 0.4) is 0 Å². The number of aromatic nitrogens is 5. The van der Waals surface area contributed by atoms with Gasteiger partial charge in [0, 0.05) is 56.0 Å². The molecule has 0 saturated carbocycles. The van der Waals surface area contributed by atoms with Crippen LogP contribution in [-0.2, 0) is 4.79 Å². The van der Waals surface area contributed by atoms with E-state index in [1.807, 2.05) is 11.0 Å². The van der Waals surface area contributed by atoms with Crippen molar-refractivity contribution in [1.82, 2.24) is 29.8 Å². The summed E-state index contributed by atoms with van der Waals surface area (Å²) < 4.78 is 6.92. The second-order valence-corrected chi connectivity index (χ2v) is 8.64. The fraction of sp³-hybridized carbons (Fsp3) is 0.360. The average molecular weight is 473 g/mol. The van der Waals surface area contributed by atoms with Crippen molar-refractivity contribution in [2.45, 2.75) is 46.1 Å². The molecule has 4 aromatic rings. The Labute approximate surface area is 203 Å². The van der Waals surface area contributed by atoms with E-state index in [0.717, 1.165) is 29.7 Å². The number of carbonyl (C=O) groups is 1. The first-order valence-corrected chi connectivity index (χ1v) is 11.6. The molecule has 1 fully saturated rings. The second-order valence-electron chi connectivity index (χ2n) is 8.64. The molecule has 0 aromatic carbocycles. The van der Waals surface area contributed by atoms with E-state index in [1.165, 1.54) is 25.5 Å². The third kappa shape index (κ3) is 5.63. The zero-order chi connectivity index (χ0) is 24.8. The smallest absolute Gasteiger partial charge is 0.219 e. The van der Waals surface area contributed by atoms with E-state index >= 15 is 0 Å². The summed E-state index contributed by atoms with van der Waals surface area (Å²) in [6, 6.07) is 7.73. The molecule has 1 amide bonds. The number of rotatable bonds is 4. The van der Waals surface area contributed by atoms with Crippen molar-refractivity contribution >= 4 is 22.6 Å². The number of fused-ring (bicyclic) bond motifs is 1. The largest absolute Gasteiger partial charge is 0.382 e. The van der Waals surface area contributed by atoms with Gasteiger partial charge in [-0.3, -0.25) is 4.79 Å². The molecule has 1 saturated heterocycles. The Balaban J connectivity index is 0.000000271. The predicted octanol–water partition coefficient (Wildman–Crippen LogP) is 4.18. The zero-order valence-electron chi connectivity index (χ0n) is 20.1. The van der Waals surface area contributed by atoms with Gasteiger partial charge in [0.2, 0.25) is 5.91 Å². The monoisotopic (exact) mass is 472 g/mol. The van der Waals surface area contributed by atoms with E-state index in [1.54, 1.807) is 42.3 Å². The number of carbonyl (C=O) groups excluding carboxylic acids is 1. The topological polar surface area (TPSA) is 126 Å². The molecule has 35 heavy (non-hydrogen) atoms. The highest BCUT2D eigenvalue weighted by Crippen LogP contribution is 2.29. The maximum Gasteiger partial charge on any atom is 0.219 e. The molecule has 0 aliphatic carbocycles. The first kappa shape index (κ1) is 23.9. The molecule has 0 atom stereocenters. The summed E-state index contributed by atoms with van der Waals surface area (Å²) in [4.78, 5) is 21.5. The molecule has 180 valence electrons. The van der Waals surface area contributed by atoms with E-state index < -0.39 is 0 Å². The number of amides is 1. The highest BCUT2D eigenvalue weighted by molar-refractivity contribution is 5.79. The lowest BCUT2D eigenvalue weighted by Crippen LogP contribution is -2.33. The summed E-state index contributed by atoms with van der Waals surface area (Å²) in [6.07, 6.45) is 10.2. The number of nitrogens with one attached hydrogen (secondary N) is 1. The van der Waals surface area contributed by atoms with Crippen LogP contribution in [0.25, 0.3) is 28.2 Å². The van der Waals surface area contributed by atoms with Gasteiger partial charge in [0.05, 0.1) is 29.2 Å². The van der Waals surface area contributed by atoms with Crippen LogP contribution >= 0.6 is 0 Å². The van der Waals surface area contributed by atoms with Gasteiger partial charge >= 0.3 is 0 Å². The number of hydrogen-bond acceptors (Lipinski definition) is 8. The number of nitrogens with zero attached hydrogens (tertiary/aromatic N) is 7. The Morgan fingerprint density at radius 3 is 2.57 bits per heavy atom. The molecular formula is C25H28N8O2. The Kier molecular flexibility index (Phi) is 7.35. The summed E-state index contributed by atoms with van der Waals surface area (Å²) in [6.45, 7) is 7.72. The van der Waals surface area contributed by atoms with E-state index in [0.29, 0.717) is 22.8 Å². The van der Waals surface area contributed by atoms with Crippen LogP contribution < -0.4 is 5.32 Å². The standard InChI is InChI=1S/C18H15N7O.C7H13NO/c1-11(2)24-15-6-17(20-10-14(15)16-3-4-23-26-16)25-18-13(9-22-25)5-12(7-19)8-21-18;1-7(9)8-5-3-2-4-6-8/h3-6,8-11H,1-2H3,(H,20,24);2-6H2,1H3. The highest BCUT2D eigenvalue weighted by atomic mass is 16.5. The summed E-state index contributed by atoms with van der Waals surface area (Å²) in [7, 11) is 0. The SMILES string of the molecule is CC(=O)N1CCCCC1.CC(C)Nc1cc(-n2ncc3cc(C#N)cnc32)ncc1-c1ccno1. The molecule has 1 aliphatic rings. The minimum absolute atomic E-state index is 0.220. The zero-order valence-corrected chi connectivity index (χ0v) is 20.1. The third-order valence-electron chi connectivity index (χ3n) is 5.59. The van der Waals surface area contributed by atoms with Gasteiger partial charge in [-0.15, -0.1) is 0 Å². The minimum atomic E-state index is 0.220. The van der Waals surface area contributed by atoms with Gasteiger partial charge in [-0.1, -0.05) is 5.16 Å². The fourth-order valence-electron chi connectivity index (χ4n) is 3.90. The van der Waals surface area contributed by atoms with Crippen molar-refractivity contribution in [3.8, 4) is 23.2 Å². The molecule has 5 rings (SSSR count). The average Bonchev–Trinajstić information content (AvgIpc) is 3.54. The van der Waals surface area contributed by atoms with Gasteiger partial charge in [-0.2, -0.15) is 15.0 Å². The van der Waals surface area contributed by atoms with E-state index in [2.05, 4.69) is 45.5 Å². The van der Waals surface area contributed by atoms with Gasteiger partial charge in [0.15, 0.2) is 17.2 Å². The quantitative estimate of drug-likeness (QED) is 0.469. The van der Waals surface area contributed by atoms with Crippen LogP contribution in [0.1, 0.15) is 45.6 Å². The van der Waals surface area contributed by atoms with Crippen LogP contribution in [0.15, 0.2) is 47.5 Å². The molecule has 0 unspecified atom stereocenters. The van der Waals surface area contributed by atoms with E-state index in [9.17, 15) is 4.79 Å². The highest BCUT2D eigenvalue weighted by Gasteiger charge is 2.15. The lowest BCUT2D eigenvalue weighted by Gasteiger charge is -2.24. The van der Waals surface area contributed by atoms with Gasteiger partial charge in [-0.05, 0) is 39.2 Å². The minimum Gasteiger partial charge on any atom is -0.382 e. The molecule has 1 aliphatic heterocycles. The fourth-order valence-corrected chi connectivity index (χ4v) is 3.90. The number of anilines is 1. The van der Waals surface area contributed by atoms with Crippen molar-refractivity contribution in [2.75, 3.05) is 18.4 Å². The summed E-state index contributed by atoms with van der Waals surface area (Å²) in [5.41, 5.74) is 2.81.